The van der Waals surface area contributed by atoms with Crippen molar-refractivity contribution in [2.45, 2.75) is 6.17 Å². The summed E-state index contributed by atoms with van der Waals surface area (Å²) >= 11 is 0. The summed E-state index contributed by atoms with van der Waals surface area (Å²) in [5.41, 5.74) is 12.7. The zero-order chi connectivity index (χ0) is 10.3. The molecule has 5 heteroatoms. The highest BCUT2D eigenvalue weighted by atomic mass is 15.0. The number of hydrogen-bond donors (Lipinski definition) is 4. The molecule has 0 heterocycles. The quantitative estimate of drug-likeness (QED) is 0.368. The highest BCUT2D eigenvalue weighted by Crippen LogP contribution is 1.95. The van der Waals surface area contributed by atoms with Gasteiger partial charge in [-0.25, -0.2) is 0 Å². The second-order valence-corrected chi connectivity index (χ2v) is 2.33. The van der Waals surface area contributed by atoms with Crippen LogP contribution in [0.2, 0.25) is 0 Å². The molecule has 0 aliphatic heterocycles. The van der Waals surface area contributed by atoms with Gasteiger partial charge in [-0.3, -0.25) is 0 Å². The van der Waals surface area contributed by atoms with Crippen LogP contribution in [0.1, 0.15) is 0 Å². The first-order valence-corrected chi connectivity index (χ1v) is 3.73. The van der Waals surface area contributed by atoms with Gasteiger partial charge in [-0.1, -0.05) is 6.08 Å². The molecular formula is C8H14N5-. The molecule has 0 rings (SSSR count). The Morgan fingerprint density at radius 2 is 2.23 bits per heavy atom. The Morgan fingerprint density at radius 3 is 2.62 bits per heavy atom. The smallest absolute Gasteiger partial charge is 0.0740 e. The van der Waals surface area contributed by atoms with E-state index in [4.69, 9.17) is 22.3 Å². The van der Waals surface area contributed by atoms with Crippen molar-refractivity contribution in [3.63, 3.8) is 0 Å². The highest BCUT2D eigenvalue weighted by Gasteiger charge is 1.95. The van der Waals surface area contributed by atoms with Crippen molar-refractivity contribution >= 4 is 11.9 Å². The number of nitrogens with two attached hydrogens (primary N) is 1. The van der Waals surface area contributed by atoms with Gasteiger partial charge in [-0.05, 0) is 18.7 Å². The van der Waals surface area contributed by atoms with Crippen molar-refractivity contribution < 1.29 is 0 Å². The fourth-order valence-corrected chi connectivity index (χ4v) is 0.590. The molecule has 72 valence electrons. The molecule has 0 aromatic rings. The first-order valence-electron chi connectivity index (χ1n) is 3.73. The average molecular weight is 180 g/mol. The molecule has 1 atom stereocenters. The van der Waals surface area contributed by atoms with E-state index in [2.05, 4.69) is 5.32 Å². The summed E-state index contributed by atoms with van der Waals surface area (Å²) < 4.78 is 0. The van der Waals surface area contributed by atoms with Crippen molar-refractivity contribution in [3.8, 4) is 0 Å². The Labute approximate surface area is 77.5 Å². The number of nitrogens with one attached hydrogen (secondary N) is 4. The fourth-order valence-electron chi connectivity index (χ4n) is 0.590. The zero-order valence-electron chi connectivity index (χ0n) is 7.46. The third-order valence-electron chi connectivity index (χ3n) is 1.43. The maximum absolute atomic E-state index is 7.40. The van der Waals surface area contributed by atoms with Gasteiger partial charge < -0.3 is 27.6 Å². The molecule has 0 fully saturated rings. The van der Waals surface area contributed by atoms with E-state index in [9.17, 15) is 0 Å². The predicted molar refractivity (Wildman–Crippen MR) is 55.1 cm³/mol. The van der Waals surface area contributed by atoms with Crippen LogP contribution in [0, 0.1) is 10.8 Å². The van der Waals surface area contributed by atoms with Crippen LogP contribution in [0.4, 0.5) is 0 Å². The van der Waals surface area contributed by atoms with Crippen LogP contribution in [0.3, 0.4) is 0 Å². The molecule has 0 amide bonds. The normalized spacial score (nSPS) is 14.5. The topological polar surface area (TPSA) is 110 Å². The minimum absolute atomic E-state index is 0.107. The fraction of sp³-hybridized carbons (Fsp3) is 0.250. The zero-order valence-corrected chi connectivity index (χ0v) is 7.46. The summed E-state index contributed by atoms with van der Waals surface area (Å²) in [6, 6.07) is 0. The average Bonchev–Trinajstić information content (AvgIpc) is 2.16. The van der Waals surface area contributed by atoms with E-state index < -0.39 is 0 Å². The van der Waals surface area contributed by atoms with Crippen LogP contribution in [-0.2, 0) is 0 Å². The van der Waals surface area contributed by atoms with E-state index in [1.807, 2.05) is 0 Å². The largest absolute Gasteiger partial charge is 0.704 e. The number of rotatable bonds is 5. The molecule has 0 bridgehead atoms. The van der Waals surface area contributed by atoms with Crippen molar-refractivity contribution in [2.75, 3.05) is 7.05 Å². The lowest BCUT2D eigenvalue weighted by molar-refractivity contribution is 0.699. The maximum Gasteiger partial charge on any atom is 0.0740 e. The predicted octanol–water partition coefficient (Wildman–Crippen LogP) is 0.652. The molecule has 0 aromatic carbocycles. The molecule has 5 nitrogen and oxygen atoms in total. The van der Waals surface area contributed by atoms with Gasteiger partial charge in [-0.2, -0.15) is 6.20 Å². The molecular weight excluding hydrogens is 166 g/mol. The van der Waals surface area contributed by atoms with E-state index in [-0.39, 0.29) is 17.5 Å². The highest BCUT2D eigenvalue weighted by molar-refractivity contribution is 6.19. The van der Waals surface area contributed by atoms with Gasteiger partial charge >= 0.3 is 0 Å². The van der Waals surface area contributed by atoms with Crippen LogP contribution in [0.15, 0.2) is 23.9 Å². The second-order valence-electron chi connectivity index (χ2n) is 2.33. The summed E-state index contributed by atoms with van der Waals surface area (Å²) in [5, 5.41) is 17.1. The van der Waals surface area contributed by atoms with E-state index in [0.717, 1.165) is 12.4 Å². The first kappa shape index (κ1) is 11.5. The van der Waals surface area contributed by atoms with Crippen LogP contribution < -0.4 is 11.1 Å². The summed E-state index contributed by atoms with van der Waals surface area (Å²) in [6.07, 6.45) is 4.68. The van der Waals surface area contributed by atoms with E-state index >= 15 is 0 Å². The van der Waals surface area contributed by atoms with Crippen LogP contribution >= 0.6 is 0 Å². The third kappa shape index (κ3) is 4.19. The lowest BCUT2D eigenvalue weighted by Crippen LogP contribution is -2.32. The standard InChI is InChI=1S/C8H14N5/c1-13-8(12)3-2-7(11)6(4-9)5-10/h2-5,8-11,13H,12H2,1H3/q-1/b3-2-,6-4+,10-5?,11-7?. The lowest BCUT2D eigenvalue weighted by atomic mass is 10.1. The van der Waals surface area contributed by atoms with Crippen molar-refractivity contribution in [2.24, 2.45) is 5.73 Å². The minimum atomic E-state index is -0.307. The van der Waals surface area contributed by atoms with Gasteiger partial charge in [-0.15, -0.1) is 0 Å². The Balaban J connectivity index is 4.30. The Kier molecular flexibility index (Phi) is 5.42. The summed E-state index contributed by atoms with van der Waals surface area (Å²) in [4.78, 5) is 0. The molecule has 0 aliphatic carbocycles. The molecule has 0 spiro atoms. The molecule has 6 N–H and O–H groups in total. The molecule has 0 saturated heterocycles. The minimum Gasteiger partial charge on any atom is -0.704 e. The second kappa shape index (κ2) is 6.10. The molecule has 13 heavy (non-hydrogen) atoms. The van der Waals surface area contributed by atoms with Gasteiger partial charge in [0.1, 0.15) is 0 Å². The molecule has 1 unspecified atom stereocenters. The SMILES string of the molecule is CNC(N)/C=C\C(=N)/C(C=N)=C/[NH-]. The Bertz CT molecular complexity index is 241. The van der Waals surface area contributed by atoms with Crippen molar-refractivity contribution in [3.05, 3.63) is 29.7 Å². The van der Waals surface area contributed by atoms with Gasteiger partial charge in [0, 0.05) is 6.21 Å². The summed E-state index contributed by atoms with van der Waals surface area (Å²) in [7, 11) is 1.70. The number of allylic oxidation sites excluding steroid dienone is 2. The molecule has 0 radical (unpaired) electrons. The van der Waals surface area contributed by atoms with E-state index in [0.29, 0.717) is 0 Å². The maximum atomic E-state index is 7.40. The first-order chi connectivity index (χ1) is 6.15. The van der Waals surface area contributed by atoms with Crippen LogP contribution in [0.5, 0.6) is 0 Å². The van der Waals surface area contributed by atoms with Gasteiger partial charge in [0.05, 0.1) is 11.9 Å². The van der Waals surface area contributed by atoms with Crippen molar-refractivity contribution in [1.29, 1.82) is 10.8 Å². The summed E-state index contributed by atoms with van der Waals surface area (Å²) in [6.45, 7) is 0. The number of likely N-dealkylation sites (N-methyl/N-ethyl adjacent to an activating group) is 1. The van der Waals surface area contributed by atoms with Crippen LogP contribution in [-0.4, -0.2) is 25.1 Å². The van der Waals surface area contributed by atoms with Gasteiger partial charge in [0.25, 0.3) is 0 Å². The van der Waals surface area contributed by atoms with Crippen molar-refractivity contribution in [1.82, 2.24) is 5.32 Å². The third-order valence-corrected chi connectivity index (χ3v) is 1.43. The lowest BCUT2D eigenvalue weighted by Gasteiger charge is -2.04. The van der Waals surface area contributed by atoms with Gasteiger partial charge in [0.15, 0.2) is 0 Å². The van der Waals surface area contributed by atoms with E-state index in [1.54, 1.807) is 13.1 Å². The Hall–Kier alpha value is -1.46. The molecule has 0 aromatic heterocycles. The Morgan fingerprint density at radius 1 is 1.62 bits per heavy atom. The van der Waals surface area contributed by atoms with Gasteiger partial charge in [0.2, 0.25) is 0 Å². The molecule has 0 saturated carbocycles. The summed E-state index contributed by atoms with van der Waals surface area (Å²) in [5.74, 6) is 0. The van der Waals surface area contributed by atoms with E-state index in [1.165, 1.54) is 6.08 Å². The number of hydrogen-bond acceptors (Lipinski definition) is 4. The molecule has 0 aliphatic rings. The van der Waals surface area contributed by atoms with Crippen LogP contribution in [0.25, 0.3) is 5.73 Å². The monoisotopic (exact) mass is 180 g/mol.